The molecule has 1 aliphatic rings. The number of aromatic nitrogens is 1. The van der Waals surface area contributed by atoms with Crippen molar-refractivity contribution in [2.75, 3.05) is 0 Å². The molecule has 0 spiro atoms. The predicted molar refractivity (Wildman–Crippen MR) is 61.5 cm³/mol. The Labute approximate surface area is 95.8 Å². The minimum absolute atomic E-state index is 0.0853. The molecule has 1 aromatic rings. The van der Waals surface area contributed by atoms with Crippen molar-refractivity contribution in [3.8, 4) is 11.6 Å². The van der Waals surface area contributed by atoms with Crippen molar-refractivity contribution >= 4 is 0 Å². The molecule has 4 nitrogen and oxygen atoms in total. The zero-order chi connectivity index (χ0) is 11.5. The first-order chi connectivity index (χ1) is 7.70. The zero-order valence-electron chi connectivity index (χ0n) is 9.77. The highest BCUT2D eigenvalue weighted by atomic mass is 16.5. The van der Waals surface area contributed by atoms with Crippen LogP contribution in [0.1, 0.15) is 32.3 Å². The van der Waals surface area contributed by atoms with Gasteiger partial charge in [-0.2, -0.15) is 0 Å². The molecule has 1 fully saturated rings. The maximum absolute atomic E-state index is 5.81. The molecular formula is C12H18N2O2. The van der Waals surface area contributed by atoms with E-state index in [-0.39, 0.29) is 6.10 Å². The zero-order valence-corrected chi connectivity index (χ0v) is 9.77. The fourth-order valence-electron chi connectivity index (χ4n) is 1.41. The molecule has 0 aliphatic heterocycles. The van der Waals surface area contributed by atoms with E-state index in [0.29, 0.717) is 18.5 Å². The Bertz CT molecular complexity index is 362. The van der Waals surface area contributed by atoms with Gasteiger partial charge in [0, 0.05) is 18.3 Å². The van der Waals surface area contributed by atoms with Crippen LogP contribution in [0.5, 0.6) is 11.6 Å². The molecule has 0 bridgehead atoms. The van der Waals surface area contributed by atoms with Crippen molar-refractivity contribution < 1.29 is 9.47 Å². The lowest BCUT2D eigenvalue weighted by molar-refractivity contribution is 0.207. The van der Waals surface area contributed by atoms with E-state index in [2.05, 4.69) is 4.98 Å². The van der Waals surface area contributed by atoms with Crippen molar-refractivity contribution in [3.05, 3.63) is 17.8 Å². The van der Waals surface area contributed by atoms with E-state index < -0.39 is 0 Å². The van der Waals surface area contributed by atoms with Crippen LogP contribution >= 0.6 is 0 Å². The van der Waals surface area contributed by atoms with Gasteiger partial charge >= 0.3 is 0 Å². The van der Waals surface area contributed by atoms with E-state index in [1.54, 1.807) is 6.20 Å². The fourth-order valence-corrected chi connectivity index (χ4v) is 1.41. The minimum atomic E-state index is 0.0853. The van der Waals surface area contributed by atoms with Gasteiger partial charge in [-0.15, -0.1) is 0 Å². The third-order valence-corrected chi connectivity index (χ3v) is 2.33. The lowest BCUT2D eigenvalue weighted by Gasteiger charge is -2.16. The van der Waals surface area contributed by atoms with Gasteiger partial charge in [0.05, 0.1) is 12.2 Å². The Morgan fingerprint density at radius 1 is 1.50 bits per heavy atom. The summed E-state index contributed by atoms with van der Waals surface area (Å²) in [7, 11) is 0. The molecular weight excluding hydrogens is 204 g/mol. The molecule has 16 heavy (non-hydrogen) atoms. The molecule has 0 atom stereocenters. The Morgan fingerprint density at radius 3 is 2.81 bits per heavy atom. The second-order valence-electron chi connectivity index (χ2n) is 4.29. The summed E-state index contributed by atoms with van der Waals surface area (Å²) in [5.41, 5.74) is 6.64. The maximum atomic E-state index is 5.81. The van der Waals surface area contributed by atoms with Crippen LogP contribution in [0, 0.1) is 0 Å². The molecule has 1 heterocycles. The lowest BCUT2D eigenvalue weighted by Crippen LogP contribution is -2.11. The second kappa shape index (κ2) is 4.70. The molecule has 1 aliphatic carbocycles. The van der Waals surface area contributed by atoms with Crippen LogP contribution in [-0.2, 0) is 6.54 Å². The smallest absolute Gasteiger partial charge is 0.257 e. The van der Waals surface area contributed by atoms with Crippen LogP contribution in [0.15, 0.2) is 12.3 Å². The Kier molecular flexibility index (Phi) is 3.29. The summed E-state index contributed by atoms with van der Waals surface area (Å²) in [6.45, 7) is 4.38. The average Bonchev–Trinajstić information content (AvgIpc) is 3.03. The maximum Gasteiger partial charge on any atom is 0.257 e. The number of ether oxygens (including phenoxy) is 2. The van der Waals surface area contributed by atoms with Crippen LogP contribution in [0.2, 0.25) is 0 Å². The van der Waals surface area contributed by atoms with E-state index in [1.165, 1.54) is 0 Å². The lowest BCUT2D eigenvalue weighted by atomic mass is 10.2. The fraction of sp³-hybridized carbons (Fsp3) is 0.583. The highest BCUT2D eigenvalue weighted by molar-refractivity contribution is 5.41. The summed E-state index contributed by atoms with van der Waals surface area (Å²) in [5.74, 6) is 1.28. The monoisotopic (exact) mass is 222 g/mol. The van der Waals surface area contributed by atoms with Gasteiger partial charge < -0.3 is 15.2 Å². The minimum Gasteiger partial charge on any atom is -0.484 e. The van der Waals surface area contributed by atoms with Gasteiger partial charge in [-0.3, -0.25) is 0 Å². The van der Waals surface area contributed by atoms with E-state index in [4.69, 9.17) is 15.2 Å². The number of nitrogens with zero attached hydrogens (tertiary/aromatic N) is 1. The number of rotatable bonds is 5. The van der Waals surface area contributed by atoms with Gasteiger partial charge in [-0.1, -0.05) is 0 Å². The van der Waals surface area contributed by atoms with Crippen molar-refractivity contribution in [1.82, 2.24) is 4.98 Å². The van der Waals surface area contributed by atoms with Crippen LogP contribution in [0.4, 0.5) is 0 Å². The second-order valence-corrected chi connectivity index (χ2v) is 4.29. The summed E-state index contributed by atoms with van der Waals surface area (Å²) >= 11 is 0. The summed E-state index contributed by atoms with van der Waals surface area (Å²) < 4.78 is 11.4. The van der Waals surface area contributed by atoms with E-state index in [1.807, 2.05) is 19.9 Å². The first-order valence-corrected chi connectivity index (χ1v) is 5.72. The predicted octanol–water partition coefficient (Wildman–Crippen LogP) is 1.87. The molecule has 2 N–H and O–H groups in total. The standard InChI is InChI=1S/C12H18N2O2/c1-8(2)15-12-11(16-10-3-4-10)9(7-13)5-6-14-12/h5-6,8,10H,3-4,7,13H2,1-2H3. The normalized spacial score (nSPS) is 15.2. The first kappa shape index (κ1) is 11.2. The van der Waals surface area contributed by atoms with Gasteiger partial charge in [0.2, 0.25) is 0 Å². The van der Waals surface area contributed by atoms with E-state index in [0.717, 1.165) is 24.2 Å². The molecule has 0 aromatic carbocycles. The Hall–Kier alpha value is -1.29. The van der Waals surface area contributed by atoms with Crippen molar-refractivity contribution in [3.63, 3.8) is 0 Å². The molecule has 2 rings (SSSR count). The third-order valence-electron chi connectivity index (χ3n) is 2.33. The van der Waals surface area contributed by atoms with Crippen LogP contribution < -0.4 is 15.2 Å². The molecule has 0 amide bonds. The molecule has 0 saturated heterocycles. The number of hydrogen-bond acceptors (Lipinski definition) is 4. The summed E-state index contributed by atoms with van der Waals surface area (Å²) in [6, 6.07) is 1.88. The van der Waals surface area contributed by atoms with Gasteiger partial charge in [0.15, 0.2) is 5.75 Å². The van der Waals surface area contributed by atoms with Crippen molar-refractivity contribution in [1.29, 1.82) is 0 Å². The Balaban J connectivity index is 2.25. The van der Waals surface area contributed by atoms with Gasteiger partial charge in [-0.25, -0.2) is 4.98 Å². The molecule has 1 saturated carbocycles. The summed E-state index contributed by atoms with van der Waals surface area (Å²) in [5, 5.41) is 0. The average molecular weight is 222 g/mol. The first-order valence-electron chi connectivity index (χ1n) is 5.72. The largest absolute Gasteiger partial charge is 0.484 e. The van der Waals surface area contributed by atoms with Gasteiger partial charge in [0.25, 0.3) is 5.88 Å². The molecule has 1 aromatic heterocycles. The SMILES string of the molecule is CC(C)Oc1nccc(CN)c1OC1CC1. The number of nitrogens with two attached hydrogens (primary N) is 1. The van der Waals surface area contributed by atoms with E-state index in [9.17, 15) is 0 Å². The van der Waals surface area contributed by atoms with Gasteiger partial charge in [0.1, 0.15) is 0 Å². The molecule has 0 unspecified atom stereocenters. The Morgan fingerprint density at radius 2 is 2.25 bits per heavy atom. The van der Waals surface area contributed by atoms with Crippen molar-refractivity contribution in [2.45, 2.75) is 45.4 Å². The van der Waals surface area contributed by atoms with Crippen molar-refractivity contribution in [2.24, 2.45) is 5.73 Å². The van der Waals surface area contributed by atoms with E-state index >= 15 is 0 Å². The molecule has 88 valence electrons. The van der Waals surface area contributed by atoms with Gasteiger partial charge in [-0.05, 0) is 32.8 Å². The summed E-state index contributed by atoms with van der Waals surface area (Å²) in [4.78, 5) is 4.21. The van der Waals surface area contributed by atoms with Crippen LogP contribution in [0.25, 0.3) is 0 Å². The quantitative estimate of drug-likeness (QED) is 0.826. The topological polar surface area (TPSA) is 57.4 Å². The highest BCUT2D eigenvalue weighted by Crippen LogP contribution is 2.35. The summed E-state index contributed by atoms with van der Waals surface area (Å²) in [6.07, 6.45) is 4.34. The molecule has 0 radical (unpaired) electrons. The number of hydrogen-bond donors (Lipinski definition) is 1. The number of pyridine rings is 1. The highest BCUT2D eigenvalue weighted by Gasteiger charge is 2.26. The van der Waals surface area contributed by atoms with Crippen LogP contribution in [0.3, 0.4) is 0 Å². The van der Waals surface area contributed by atoms with Crippen LogP contribution in [-0.4, -0.2) is 17.2 Å². The molecule has 4 heteroatoms. The third kappa shape index (κ3) is 2.64.